The van der Waals surface area contributed by atoms with Crippen LogP contribution in [-0.4, -0.2) is 61.9 Å². The molecule has 1 atom stereocenters. The van der Waals surface area contributed by atoms with Crippen LogP contribution in [0, 0.1) is 0 Å². The normalized spacial score (nSPS) is 22.4. The number of H-pyrrole nitrogens is 1. The zero-order chi connectivity index (χ0) is 17.0. The maximum absolute atomic E-state index is 11.9. The summed E-state index contributed by atoms with van der Waals surface area (Å²) in [6.07, 6.45) is 2.25. The van der Waals surface area contributed by atoms with E-state index in [1.54, 1.807) is 14.2 Å². The van der Waals surface area contributed by atoms with Gasteiger partial charge >= 0.3 is 0 Å². The molecule has 1 aliphatic heterocycles. The number of amides is 1. The number of fused-ring (bicyclic) bond motifs is 1. The number of ether oxygens (including phenoxy) is 2. The number of hydrogen-bond donors (Lipinski definition) is 2. The molecule has 24 heavy (non-hydrogen) atoms. The first kappa shape index (κ1) is 17.0. The lowest BCUT2D eigenvalue weighted by Gasteiger charge is -2.33. The topological polar surface area (TPSA) is 66.6 Å². The summed E-state index contributed by atoms with van der Waals surface area (Å²) >= 11 is 0. The fourth-order valence-corrected chi connectivity index (χ4v) is 3.25. The molecule has 2 heterocycles. The van der Waals surface area contributed by atoms with E-state index in [0.29, 0.717) is 26.2 Å². The van der Waals surface area contributed by atoms with Crippen LogP contribution in [0.25, 0.3) is 10.9 Å². The van der Waals surface area contributed by atoms with E-state index in [-0.39, 0.29) is 5.91 Å². The van der Waals surface area contributed by atoms with Crippen molar-refractivity contribution in [1.82, 2.24) is 15.2 Å². The number of nitrogens with one attached hydrogen (secondary N) is 2. The summed E-state index contributed by atoms with van der Waals surface area (Å²) in [6, 6.07) is 8.52. The highest BCUT2D eigenvalue weighted by atomic mass is 16.5. The summed E-state index contributed by atoms with van der Waals surface area (Å²) < 4.78 is 11.4. The van der Waals surface area contributed by atoms with Crippen LogP contribution >= 0.6 is 0 Å². The molecule has 0 unspecified atom stereocenters. The SMILES string of the molecule is CNC(=O)C[C@@]1(OC)COCCN(Cc2ccc3cc[nH]c3c2)C1. The van der Waals surface area contributed by atoms with Crippen LogP contribution in [0.5, 0.6) is 0 Å². The number of aromatic amines is 1. The maximum atomic E-state index is 11.9. The molecule has 0 spiro atoms. The number of rotatable bonds is 5. The van der Waals surface area contributed by atoms with E-state index in [0.717, 1.165) is 18.6 Å². The molecule has 1 aromatic carbocycles. The van der Waals surface area contributed by atoms with Gasteiger partial charge in [0.2, 0.25) is 5.91 Å². The molecule has 1 aromatic heterocycles. The third kappa shape index (κ3) is 3.77. The number of nitrogens with zero attached hydrogens (tertiary/aromatic N) is 1. The van der Waals surface area contributed by atoms with Crippen molar-refractivity contribution in [3.05, 3.63) is 36.0 Å². The predicted molar refractivity (Wildman–Crippen MR) is 92.8 cm³/mol. The molecule has 0 bridgehead atoms. The van der Waals surface area contributed by atoms with Crippen molar-refractivity contribution in [2.45, 2.75) is 18.6 Å². The summed E-state index contributed by atoms with van der Waals surface area (Å²) in [5.74, 6) is -0.0323. The Morgan fingerprint density at radius 2 is 2.33 bits per heavy atom. The largest absolute Gasteiger partial charge is 0.377 e. The van der Waals surface area contributed by atoms with Crippen LogP contribution in [0.2, 0.25) is 0 Å². The zero-order valence-corrected chi connectivity index (χ0v) is 14.3. The van der Waals surface area contributed by atoms with E-state index in [2.05, 4.69) is 39.5 Å². The Balaban J connectivity index is 1.74. The molecule has 3 rings (SSSR count). The predicted octanol–water partition coefficient (Wildman–Crippen LogP) is 1.52. The van der Waals surface area contributed by atoms with Crippen LogP contribution in [-0.2, 0) is 20.8 Å². The summed E-state index contributed by atoms with van der Waals surface area (Å²) in [5.41, 5.74) is 1.77. The fourth-order valence-electron chi connectivity index (χ4n) is 3.25. The van der Waals surface area contributed by atoms with Gasteiger partial charge in [-0.2, -0.15) is 0 Å². The first-order valence-electron chi connectivity index (χ1n) is 8.26. The lowest BCUT2D eigenvalue weighted by Crippen LogP contribution is -2.48. The van der Waals surface area contributed by atoms with E-state index in [9.17, 15) is 4.79 Å². The fraction of sp³-hybridized carbons (Fsp3) is 0.500. The van der Waals surface area contributed by atoms with Gasteiger partial charge in [0.05, 0.1) is 19.6 Å². The van der Waals surface area contributed by atoms with Crippen LogP contribution in [0.3, 0.4) is 0 Å². The van der Waals surface area contributed by atoms with Gasteiger partial charge in [-0.25, -0.2) is 0 Å². The minimum absolute atomic E-state index is 0.0323. The van der Waals surface area contributed by atoms with Gasteiger partial charge in [-0.15, -0.1) is 0 Å². The highest BCUT2D eigenvalue weighted by Gasteiger charge is 2.37. The van der Waals surface area contributed by atoms with E-state index >= 15 is 0 Å². The minimum Gasteiger partial charge on any atom is -0.377 e. The number of hydrogen-bond acceptors (Lipinski definition) is 4. The van der Waals surface area contributed by atoms with Gasteiger partial charge in [0.15, 0.2) is 0 Å². The average molecular weight is 331 g/mol. The van der Waals surface area contributed by atoms with E-state index in [1.165, 1.54) is 10.9 Å². The van der Waals surface area contributed by atoms with Crippen molar-refractivity contribution in [3.63, 3.8) is 0 Å². The molecule has 2 aromatic rings. The van der Waals surface area contributed by atoms with E-state index in [4.69, 9.17) is 9.47 Å². The Morgan fingerprint density at radius 1 is 1.46 bits per heavy atom. The molecule has 0 radical (unpaired) electrons. The Labute approximate surface area is 142 Å². The second-order valence-corrected chi connectivity index (χ2v) is 6.40. The molecule has 6 heteroatoms. The van der Waals surface area contributed by atoms with Crippen molar-refractivity contribution in [2.75, 3.05) is 40.5 Å². The van der Waals surface area contributed by atoms with E-state index < -0.39 is 5.60 Å². The lowest BCUT2D eigenvalue weighted by molar-refractivity contribution is -0.132. The minimum atomic E-state index is -0.604. The van der Waals surface area contributed by atoms with Crippen molar-refractivity contribution < 1.29 is 14.3 Å². The summed E-state index contributed by atoms with van der Waals surface area (Å²) in [5, 5.41) is 3.89. The molecule has 6 nitrogen and oxygen atoms in total. The molecule has 1 aliphatic rings. The molecule has 1 amide bonds. The molecular weight excluding hydrogens is 306 g/mol. The number of benzene rings is 1. The van der Waals surface area contributed by atoms with E-state index in [1.807, 2.05) is 6.20 Å². The number of carbonyl (C=O) groups is 1. The van der Waals surface area contributed by atoms with Gasteiger partial charge in [0.1, 0.15) is 5.60 Å². The summed E-state index contributed by atoms with van der Waals surface area (Å²) in [4.78, 5) is 17.4. The highest BCUT2D eigenvalue weighted by molar-refractivity contribution is 5.79. The van der Waals surface area contributed by atoms with Crippen LogP contribution in [0.15, 0.2) is 30.5 Å². The molecular formula is C18H25N3O3. The Kier molecular flexibility index (Phi) is 5.18. The third-order valence-electron chi connectivity index (χ3n) is 4.65. The van der Waals surface area contributed by atoms with Gasteiger partial charge in [-0.1, -0.05) is 12.1 Å². The molecule has 0 saturated carbocycles. The summed E-state index contributed by atoms with van der Waals surface area (Å²) in [7, 11) is 3.30. The van der Waals surface area contributed by atoms with Crippen molar-refractivity contribution in [2.24, 2.45) is 0 Å². The second-order valence-electron chi connectivity index (χ2n) is 6.40. The maximum Gasteiger partial charge on any atom is 0.222 e. The molecule has 130 valence electrons. The Morgan fingerprint density at radius 3 is 3.12 bits per heavy atom. The van der Waals surface area contributed by atoms with Gasteiger partial charge in [0.25, 0.3) is 0 Å². The zero-order valence-electron chi connectivity index (χ0n) is 14.3. The number of methoxy groups -OCH3 is 1. The summed E-state index contributed by atoms with van der Waals surface area (Å²) in [6.45, 7) is 3.37. The van der Waals surface area contributed by atoms with Crippen molar-refractivity contribution in [3.8, 4) is 0 Å². The van der Waals surface area contributed by atoms with Gasteiger partial charge in [0, 0.05) is 45.5 Å². The van der Waals surface area contributed by atoms with Gasteiger partial charge in [-0.3, -0.25) is 9.69 Å². The molecule has 0 aliphatic carbocycles. The number of aromatic nitrogens is 1. The smallest absolute Gasteiger partial charge is 0.222 e. The van der Waals surface area contributed by atoms with Crippen molar-refractivity contribution in [1.29, 1.82) is 0 Å². The first-order valence-corrected chi connectivity index (χ1v) is 8.26. The molecule has 1 saturated heterocycles. The van der Waals surface area contributed by atoms with Crippen molar-refractivity contribution >= 4 is 16.8 Å². The first-order chi connectivity index (χ1) is 11.6. The standard InChI is InChI=1S/C18H25N3O3/c1-19-17(22)10-18(23-2)12-21(7-8-24-13-18)11-14-3-4-15-5-6-20-16(15)9-14/h3-6,9,20H,7-8,10-13H2,1-2H3,(H,19,22)/t18-/m0/s1. The van der Waals surface area contributed by atoms with Crippen LogP contribution in [0.4, 0.5) is 0 Å². The van der Waals surface area contributed by atoms with Gasteiger partial charge in [-0.05, 0) is 23.1 Å². The van der Waals surface area contributed by atoms with Gasteiger partial charge < -0.3 is 19.8 Å². The average Bonchev–Trinajstić information content (AvgIpc) is 2.96. The Hall–Kier alpha value is -1.89. The second kappa shape index (κ2) is 7.34. The quantitative estimate of drug-likeness (QED) is 0.872. The lowest BCUT2D eigenvalue weighted by atomic mass is 9.99. The van der Waals surface area contributed by atoms with Crippen LogP contribution in [0.1, 0.15) is 12.0 Å². The molecule has 2 N–H and O–H groups in total. The third-order valence-corrected chi connectivity index (χ3v) is 4.65. The number of carbonyl (C=O) groups excluding carboxylic acids is 1. The highest BCUT2D eigenvalue weighted by Crippen LogP contribution is 2.23. The monoisotopic (exact) mass is 331 g/mol. The molecule has 1 fully saturated rings. The Bertz CT molecular complexity index is 700. The van der Waals surface area contributed by atoms with Crippen LogP contribution < -0.4 is 5.32 Å².